The Morgan fingerprint density at radius 3 is 2.60 bits per heavy atom. The van der Waals surface area contributed by atoms with Crippen LogP contribution in [-0.2, 0) is 19.1 Å². The number of nitrogens with zero attached hydrogens (tertiary/aromatic N) is 1. The van der Waals surface area contributed by atoms with E-state index in [-0.39, 0.29) is 31.4 Å². The Hall–Kier alpha value is -3.61. The Bertz CT molecular complexity index is 1010. The molecule has 2 N–H and O–H groups in total. The zero-order valence-electron chi connectivity index (χ0n) is 17.3. The molecule has 2 aromatic carbocycles. The number of fused-ring (bicyclic) bond motifs is 1. The number of para-hydroxylation sites is 2. The van der Waals surface area contributed by atoms with Crippen molar-refractivity contribution in [1.82, 2.24) is 0 Å². The van der Waals surface area contributed by atoms with Gasteiger partial charge in [-0.2, -0.15) is 0 Å². The molecule has 1 aliphatic heterocycles. The van der Waals surface area contributed by atoms with Gasteiger partial charge in [0.1, 0.15) is 6.54 Å². The monoisotopic (exact) mass is 407 g/mol. The van der Waals surface area contributed by atoms with Gasteiger partial charge < -0.3 is 15.4 Å². The zero-order chi connectivity index (χ0) is 21.7. The Kier molecular flexibility index (Phi) is 6.51. The second-order valence-corrected chi connectivity index (χ2v) is 7.07. The van der Waals surface area contributed by atoms with Gasteiger partial charge >= 0.3 is 5.97 Å². The van der Waals surface area contributed by atoms with E-state index in [9.17, 15) is 14.4 Å². The smallest absolute Gasteiger partial charge is 0.311 e. The summed E-state index contributed by atoms with van der Waals surface area (Å²) in [6, 6.07) is 12.8. The van der Waals surface area contributed by atoms with Gasteiger partial charge in [-0.1, -0.05) is 18.2 Å². The van der Waals surface area contributed by atoms with Crippen molar-refractivity contribution in [2.75, 3.05) is 28.7 Å². The average Bonchev–Trinajstić information content (AvgIpc) is 2.81. The van der Waals surface area contributed by atoms with E-state index in [0.717, 1.165) is 11.1 Å². The Morgan fingerprint density at radius 1 is 1.10 bits per heavy atom. The molecule has 1 aliphatic rings. The van der Waals surface area contributed by atoms with Crippen LogP contribution >= 0.6 is 0 Å². The molecule has 156 valence electrons. The van der Waals surface area contributed by atoms with Crippen LogP contribution in [0.25, 0.3) is 0 Å². The summed E-state index contributed by atoms with van der Waals surface area (Å²) in [6.07, 6.45) is 1.27. The molecule has 2 aromatic rings. The predicted octanol–water partition coefficient (Wildman–Crippen LogP) is 3.54. The molecule has 3 rings (SSSR count). The van der Waals surface area contributed by atoms with Crippen LogP contribution in [0.4, 0.5) is 17.1 Å². The Morgan fingerprint density at radius 2 is 1.87 bits per heavy atom. The average molecular weight is 407 g/mol. The topological polar surface area (TPSA) is 87.7 Å². The fraction of sp³-hybridized carbons (Fsp3) is 0.261. The van der Waals surface area contributed by atoms with E-state index in [0.29, 0.717) is 22.8 Å². The first-order chi connectivity index (χ1) is 14.4. The van der Waals surface area contributed by atoms with E-state index >= 15 is 0 Å². The summed E-state index contributed by atoms with van der Waals surface area (Å²) in [5.74, 6) is -1.13. The first kappa shape index (κ1) is 21.1. The molecule has 2 amide bonds. The number of esters is 1. The van der Waals surface area contributed by atoms with E-state index in [2.05, 4.69) is 10.6 Å². The molecule has 7 heteroatoms. The van der Waals surface area contributed by atoms with Crippen LogP contribution in [0, 0.1) is 13.8 Å². The fourth-order valence-corrected chi connectivity index (χ4v) is 3.16. The van der Waals surface area contributed by atoms with E-state index in [1.165, 1.54) is 11.0 Å². The molecule has 0 atom stereocenters. The number of carbonyl (C=O) groups is 3. The van der Waals surface area contributed by atoms with Crippen molar-refractivity contribution in [3.63, 3.8) is 0 Å². The highest BCUT2D eigenvalue weighted by molar-refractivity contribution is 6.10. The lowest BCUT2D eigenvalue weighted by molar-refractivity contribution is -0.142. The highest BCUT2D eigenvalue weighted by Gasteiger charge is 2.25. The van der Waals surface area contributed by atoms with Crippen LogP contribution < -0.4 is 15.5 Å². The lowest BCUT2D eigenvalue weighted by atomic mass is 10.1. The lowest BCUT2D eigenvalue weighted by Gasteiger charge is -2.22. The fourth-order valence-electron chi connectivity index (χ4n) is 3.16. The van der Waals surface area contributed by atoms with Gasteiger partial charge in [-0.3, -0.25) is 19.3 Å². The minimum absolute atomic E-state index is 0.0589. The van der Waals surface area contributed by atoms with E-state index in [4.69, 9.17) is 4.74 Å². The van der Waals surface area contributed by atoms with E-state index < -0.39 is 5.97 Å². The van der Waals surface area contributed by atoms with Gasteiger partial charge in [-0.15, -0.1) is 0 Å². The third kappa shape index (κ3) is 5.05. The molecule has 0 bridgehead atoms. The Balaban J connectivity index is 1.81. The molecule has 0 aliphatic carbocycles. The van der Waals surface area contributed by atoms with E-state index in [1.54, 1.807) is 25.1 Å². The van der Waals surface area contributed by atoms with Crippen molar-refractivity contribution >= 4 is 34.8 Å². The van der Waals surface area contributed by atoms with Gasteiger partial charge in [-0.05, 0) is 56.2 Å². The van der Waals surface area contributed by atoms with Gasteiger partial charge in [0, 0.05) is 17.5 Å². The van der Waals surface area contributed by atoms with Gasteiger partial charge in [0.05, 0.1) is 24.4 Å². The molecule has 30 heavy (non-hydrogen) atoms. The summed E-state index contributed by atoms with van der Waals surface area (Å²) in [4.78, 5) is 38.8. The number of carbonyl (C=O) groups excluding carboxylic acids is 3. The largest absolute Gasteiger partial charge is 0.466 e. The second kappa shape index (κ2) is 9.26. The van der Waals surface area contributed by atoms with Gasteiger partial charge in [0.25, 0.3) is 5.91 Å². The third-order valence-electron chi connectivity index (χ3n) is 4.79. The van der Waals surface area contributed by atoms with E-state index in [1.807, 2.05) is 38.1 Å². The summed E-state index contributed by atoms with van der Waals surface area (Å²) >= 11 is 0. The highest BCUT2D eigenvalue weighted by Crippen LogP contribution is 2.30. The molecule has 0 saturated heterocycles. The predicted molar refractivity (Wildman–Crippen MR) is 116 cm³/mol. The number of rotatable bonds is 6. The molecule has 1 heterocycles. The molecule has 0 spiro atoms. The minimum atomic E-state index is -0.428. The van der Waals surface area contributed by atoms with Crippen LogP contribution in [0.5, 0.6) is 0 Å². The van der Waals surface area contributed by atoms with Crippen LogP contribution in [-0.4, -0.2) is 30.9 Å². The first-order valence-corrected chi connectivity index (χ1v) is 9.78. The normalized spacial score (nSPS) is 13.0. The maximum Gasteiger partial charge on any atom is 0.311 e. The quantitative estimate of drug-likeness (QED) is 0.715. The molecular weight excluding hydrogens is 382 g/mol. The van der Waals surface area contributed by atoms with Gasteiger partial charge in [-0.25, -0.2) is 0 Å². The van der Waals surface area contributed by atoms with Crippen molar-refractivity contribution in [3.05, 3.63) is 65.4 Å². The van der Waals surface area contributed by atoms with Crippen LogP contribution in [0.1, 0.15) is 24.5 Å². The van der Waals surface area contributed by atoms with Crippen molar-refractivity contribution in [2.45, 2.75) is 27.2 Å². The van der Waals surface area contributed by atoms with Crippen molar-refractivity contribution in [1.29, 1.82) is 0 Å². The number of hydrogen-bond donors (Lipinski definition) is 2. The first-order valence-electron chi connectivity index (χ1n) is 9.78. The second-order valence-electron chi connectivity index (χ2n) is 7.07. The molecule has 0 aromatic heterocycles. The molecule has 7 nitrogen and oxygen atoms in total. The molecular formula is C23H25N3O4. The minimum Gasteiger partial charge on any atom is -0.466 e. The summed E-state index contributed by atoms with van der Waals surface area (Å²) in [5, 5.41) is 5.95. The third-order valence-corrected chi connectivity index (χ3v) is 4.79. The number of amides is 2. The molecule has 0 radical (unpaired) electrons. The zero-order valence-corrected chi connectivity index (χ0v) is 17.3. The number of hydrogen-bond acceptors (Lipinski definition) is 5. The van der Waals surface area contributed by atoms with Gasteiger partial charge in [0.15, 0.2) is 0 Å². The summed E-state index contributed by atoms with van der Waals surface area (Å²) < 4.78 is 4.98. The molecule has 0 saturated carbocycles. The number of aryl methyl sites for hydroxylation is 2. The molecule has 0 unspecified atom stereocenters. The molecule has 0 fully saturated rings. The summed E-state index contributed by atoms with van der Waals surface area (Å²) in [6.45, 7) is 5.81. The SMILES string of the molecule is CCOC(=O)CC1=CC(=O)N(CC(=O)Nc2ccc(C)c(C)c2)c2ccccc2N1. The van der Waals surface area contributed by atoms with Crippen molar-refractivity contribution in [3.8, 4) is 0 Å². The maximum atomic E-state index is 12.9. The number of nitrogens with one attached hydrogen (secondary N) is 2. The lowest BCUT2D eigenvalue weighted by Crippen LogP contribution is -2.37. The number of ether oxygens (including phenoxy) is 1. The number of anilines is 3. The highest BCUT2D eigenvalue weighted by atomic mass is 16.5. The van der Waals surface area contributed by atoms with Gasteiger partial charge in [0.2, 0.25) is 5.91 Å². The number of benzene rings is 2. The van der Waals surface area contributed by atoms with Crippen LogP contribution in [0.2, 0.25) is 0 Å². The maximum absolute atomic E-state index is 12.9. The van der Waals surface area contributed by atoms with Crippen LogP contribution in [0.15, 0.2) is 54.2 Å². The Labute approximate surface area is 175 Å². The summed E-state index contributed by atoms with van der Waals surface area (Å²) in [7, 11) is 0. The van der Waals surface area contributed by atoms with Crippen molar-refractivity contribution < 1.29 is 19.1 Å². The van der Waals surface area contributed by atoms with Crippen molar-refractivity contribution in [2.24, 2.45) is 0 Å². The standard InChI is InChI=1S/C23H25N3O4/c1-4-30-23(29)13-18-12-22(28)26(20-8-6-5-7-19(20)24-18)14-21(27)25-17-10-9-15(2)16(3)11-17/h5-12,24H,4,13-14H2,1-3H3,(H,25,27). The summed E-state index contributed by atoms with van der Waals surface area (Å²) in [5.41, 5.74) is 4.50. The van der Waals surface area contributed by atoms with Crippen LogP contribution in [0.3, 0.4) is 0 Å².